The minimum atomic E-state index is -1.28. The van der Waals surface area contributed by atoms with E-state index in [0.717, 1.165) is 12.8 Å². The predicted molar refractivity (Wildman–Crippen MR) is 27.2 cm³/mol. The minimum Gasteiger partial charge on any atom is -0.373 e. The lowest BCUT2D eigenvalue weighted by Crippen LogP contribution is -2.23. The van der Waals surface area contributed by atoms with E-state index in [9.17, 15) is 0 Å². The number of aliphatic hydroxyl groups excluding tert-OH is 1. The van der Waals surface area contributed by atoms with Gasteiger partial charge in [-0.15, -0.1) is 0 Å². The van der Waals surface area contributed by atoms with Crippen LogP contribution in [0.5, 0.6) is 0 Å². The molecule has 0 spiro atoms. The zero-order valence-electron chi connectivity index (χ0n) is 4.58. The molecule has 1 rings (SSSR count). The van der Waals surface area contributed by atoms with Gasteiger partial charge in [0.2, 0.25) is 0 Å². The fourth-order valence-corrected chi connectivity index (χ4v) is 0.838. The molecule has 1 saturated heterocycles. The maximum atomic E-state index is 8.48. The Morgan fingerprint density at radius 2 is 2.25 bits per heavy atom. The van der Waals surface area contributed by atoms with Crippen LogP contribution in [-0.4, -0.2) is 29.2 Å². The van der Waals surface area contributed by atoms with E-state index < -0.39 is 6.29 Å². The van der Waals surface area contributed by atoms with E-state index in [1.807, 2.05) is 0 Å². The van der Waals surface area contributed by atoms with Crippen molar-refractivity contribution in [2.45, 2.75) is 25.2 Å². The molecular weight excluding hydrogens is 108 g/mol. The molecule has 1 unspecified atom stereocenters. The fraction of sp³-hybridized carbons (Fsp3) is 1.00. The molecule has 1 aliphatic rings. The second-order valence-electron chi connectivity index (χ2n) is 1.97. The lowest BCUT2D eigenvalue weighted by molar-refractivity contribution is -0.127. The Morgan fingerprint density at radius 3 is 2.50 bits per heavy atom. The van der Waals surface area contributed by atoms with Gasteiger partial charge in [-0.3, -0.25) is 0 Å². The number of hydrogen-bond donors (Lipinski definition) is 2. The minimum absolute atomic E-state index is 0.324. The van der Waals surface area contributed by atoms with Crippen LogP contribution in [0.1, 0.15) is 12.8 Å². The van der Waals surface area contributed by atoms with Gasteiger partial charge < -0.3 is 14.9 Å². The summed E-state index contributed by atoms with van der Waals surface area (Å²) in [6.07, 6.45) is 0.118. The molecule has 0 radical (unpaired) electrons. The first kappa shape index (κ1) is 6.01. The molecule has 3 heteroatoms. The molecule has 0 bridgehead atoms. The van der Waals surface area contributed by atoms with E-state index in [0.29, 0.717) is 6.61 Å². The fourth-order valence-electron chi connectivity index (χ4n) is 0.838. The summed E-state index contributed by atoms with van der Waals surface area (Å²) in [6.45, 7) is 0.669. The lowest BCUT2D eigenvalue weighted by atomic mass is 10.2. The third-order valence-electron chi connectivity index (χ3n) is 1.30. The standard InChI is InChI=1S/C5H10O3/c6-5(7)4-2-1-3-8-4/h4-7H,1-3H2. The van der Waals surface area contributed by atoms with E-state index in [4.69, 9.17) is 14.9 Å². The van der Waals surface area contributed by atoms with Crippen LogP contribution in [0, 0.1) is 0 Å². The van der Waals surface area contributed by atoms with Gasteiger partial charge in [0.15, 0.2) is 6.29 Å². The van der Waals surface area contributed by atoms with Crippen molar-refractivity contribution in [3.63, 3.8) is 0 Å². The van der Waals surface area contributed by atoms with E-state index in [1.165, 1.54) is 0 Å². The quantitative estimate of drug-likeness (QED) is 0.455. The van der Waals surface area contributed by atoms with Gasteiger partial charge in [0.05, 0.1) is 0 Å². The Balaban J connectivity index is 2.24. The zero-order chi connectivity index (χ0) is 5.98. The van der Waals surface area contributed by atoms with Crippen molar-refractivity contribution in [2.75, 3.05) is 6.61 Å². The average Bonchev–Trinajstić information content (AvgIpc) is 2.12. The van der Waals surface area contributed by atoms with Gasteiger partial charge in [-0.05, 0) is 12.8 Å². The number of rotatable bonds is 1. The third-order valence-corrected chi connectivity index (χ3v) is 1.30. The SMILES string of the molecule is OC(O)C1CCCO1. The molecule has 0 aromatic rings. The molecule has 0 aliphatic carbocycles. The summed E-state index contributed by atoms with van der Waals surface area (Å²) in [5.41, 5.74) is 0. The van der Waals surface area contributed by atoms with Gasteiger partial charge in [-0.2, -0.15) is 0 Å². The van der Waals surface area contributed by atoms with Crippen LogP contribution in [0.4, 0.5) is 0 Å². The summed E-state index contributed by atoms with van der Waals surface area (Å²) < 4.78 is 4.91. The second-order valence-corrected chi connectivity index (χ2v) is 1.97. The van der Waals surface area contributed by atoms with Crippen LogP contribution in [0.25, 0.3) is 0 Å². The first-order chi connectivity index (χ1) is 3.80. The van der Waals surface area contributed by atoms with Gasteiger partial charge in [-0.25, -0.2) is 0 Å². The zero-order valence-corrected chi connectivity index (χ0v) is 4.58. The molecule has 1 aliphatic heterocycles. The monoisotopic (exact) mass is 118 g/mol. The molecule has 0 aromatic heterocycles. The number of ether oxygens (including phenoxy) is 1. The highest BCUT2D eigenvalue weighted by Gasteiger charge is 2.21. The average molecular weight is 118 g/mol. The van der Waals surface area contributed by atoms with E-state index in [1.54, 1.807) is 0 Å². The van der Waals surface area contributed by atoms with E-state index in [2.05, 4.69) is 0 Å². The maximum absolute atomic E-state index is 8.48. The van der Waals surface area contributed by atoms with Crippen molar-refractivity contribution in [1.82, 2.24) is 0 Å². The molecule has 1 fully saturated rings. The summed E-state index contributed by atoms with van der Waals surface area (Å²) in [7, 11) is 0. The Morgan fingerprint density at radius 1 is 1.50 bits per heavy atom. The van der Waals surface area contributed by atoms with Crippen molar-refractivity contribution < 1.29 is 14.9 Å². The van der Waals surface area contributed by atoms with Gasteiger partial charge >= 0.3 is 0 Å². The topological polar surface area (TPSA) is 49.7 Å². The van der Waals surface area contributed by atoms with Crippen LogP contribution < -0.4 is 0 Å². The van der Waals surface area contributed by atoms with Crippen molar-refractivity contribution in [2.24, 2.45) is 0 Å². The number of hydrogen-bond acceptors (Lipinski definition) is 3. The Hall–Kier alpha value is -0.120. The largest absolute Gasteiger partial charge is 0.373 e. The van der Waals surface area contributed by atoms with Crippen LogP contribution in [-0.2, 0) is 4.74 Å². The summed E-state index contributed by atoms with van der Waals surface area (Å²) in [4.78, 5) is 0. The summed E-state index contributed by atoms with van der Waals surface area (Å²) >= 11 is 0. The molecule has 3 nitrogen and oxygen atoms in total. The van der Waals surface area contributed by atoms with Crippen LogP contribution >= 0.6 is 0 Å². The lowest BCUT2D eigenvalue weighted by Gasteiger charge is -2.09. The third kappa shape index (κ3) is 1.18. The van der Waals surface area contributed by atoms with Crippen molar-refractivity contribution in [1.29, 1.82) is 0 Å². The first-order valence-corrected chi connectivity index (χ1v) is 2.78. The molecule has 2 N–H and O–H groups in total. The van der Waals surface area contributed by atoms with Crippen molar-refractivity contribution in [3.8, 4) is 0 Å². The number of aliphatic hydroxyl groups is 2. The van der Waals surface area contributed by atoms with Crippen LogP contribution in [0.15, 0.2) is 0 Å². The molecule has 0 saturated carbocycles. The molecule has 1 atom stereocenters. The first-order valence-electron chi connectivity index (χ1n) is 2.78. The van der Waals surface area contributed by atoms with Gasteiger partial charge in [0.25, 0.3) is 0 Å². The van der Waals surface area contributed by atoms with Crippen molar-refractivity contribution >= 4 is 0 Å². The summed E-state index contributed by atoms with van der Waals surface area (Å²) in [5.74, 6) is 0. The molecule has 1 heterocycles. The Kier molecular flexibility index (Phi) is 1.83. The Labute approximate surface area is 47.9 Å². The van der Waals surface area contributed by atoms with E-state index in [-0.39, 0.29) is 6.10 Å². The molecular formula is C5H10O3. The summed E-state index contributed by atoms with van der Waals surface area (Å²) in [6, 6.07) is 0. The van der Waals surface area contributed by atoms with Crippen molar-refractivity contribution in [3.05, 3.63) is 0 Å². The highest BCUT2D eigenvalue weighted by molar-refractivity contribution is 4.65. The van der Waals surface area contributed by atoms with Crippen LogP contribution in [0.3, 0.4) is 0 Å². The normalized spacial score (nSPS) is 29.6. The second kappa shape index (κ2) is 2.44. The maximum Gasteiger partial charge on any atom is 0.178 e. The molecule has 48 valence electrons. The smallest absolute Gasteiger partial charge is 0.178 e. The molecule has 0 aromatic carbocycles. The molecule has 0 amide bonds. The van der Waals surface area contributed by atoms with Crippen LogP contribution in [0.2, 0.25) is 0 Å². The van der Waals surface area contributed by atoms with E-state index >= 15 is 0 Å². The Bertz CT molecular complexity index is 66.1. The highest BCUT2D eigenvalue weighted by atomic mass is 16.6. The molecule has 8 heavy (non-hydrogen) atoms. The van der Waals surface area contributed by atoms with Gasteiger partial charge in [0, 0.05) is 6.61 Å². The highest BCUT2D eigenvalue weighted by Crippen LogP contribution is 2.13. The van der Waals surface area contributed by atoms with Gasteiger partial charge in [0.1, 0.15) is 6.10 Å². The summed E-state index contributed by atoms with van der Waals surface area (Å²) in [5, 5.41) is 17.0. The predicted octanol–water partition coefficient (Wildman–Crippen LogP) is -0.524. The van der Waals surface area contributed by atoms with Gasteiger partial charge in [-0.1, -0.05) is 0 Å².